The van der Waals surface area contributed by atoms with Crippen molar-refractivity contribution in [2.24, 2.45) is 11.3 Å². The zero-order valence-corrected chi connectivity index (χ0v) is 13.2. The Labute approximate surface area is 114 Å². The van der Waals surface area contributed by atoms with Crippen LogP contribution < -0.4 is 5.32 Å². The van der Waals surface area contributed by atoms with Crippen molar-refractivity contribution in [2.45, 2.75) is 65.3 Å². The van der Waals surface area contributed by atoms with Crippen LogP contribution in [-0.4, -0.2) is 16.8 Å². The molecule has 1 N–H and O–H groups in total. The van der Waals surface area contributed by atoms with Crippen LogP contribution in [0.1, 0.15) is 59.8 Å². The number of alkyl halides is 1. The summed E-state index contributed by atoms with van der Waals surface area (Å²) in [6, 6.07) is 0. The molecule has 1 aliphatic carbocycles. The van der Waals surface area contributed by atoms with Gasteiger partial charge in [-0.25, -0.2) is 0 Å². The van der Waals surface area contributed by atoms with Gasteiger partial charge in [0.1, 0.15) is 0 Å². The van der Waals surface area contributed by atoms with Gasteiger partial charge in [-0.2, -0.15) is 0 Å². The Hall–Kier alpha value is -0.0500. The molecule has 3 heteroatoms. The highest BCUT2D eigenvalue weighted by Crippen LogP contribution is 2.40. The minimum atomic E-state index is -0.103. The van der Waals surface area contributed by atoms with Crippen molar-refractivity contribution in [2.75, 3.05) is 5.33 Å². The third-order valence-electron chi connectivity index (χ3n) is 4.00. The van der Waals surface area contributed by atoms with Gasteiger partial charge in [0, 0.05) is 16.8 Å². The van der Waals surface area contributed by atoms with E-state index in [2.05, 4.69) is 48.9 Å². The topological polar surface area (TPSA) is 29.1 Å². The summed E-state index contributed by atoms with van der Waals surface area (Å²) in [5.74, 6) is 0.437. The van der Waals surface area contributed by atoms with Crippen LogP contribution in [0.5, 0.6) is 0 Å². The molecule has 0 aromatic carbocycles. The second kappa shape index (κ2) is 5.73. The smallest absolute Gasteiger partial charge is 0.224 e. The van der Waals surface area contributed by atoms with Crippen LogP contribution in [0.3, 0.4) is 0 Å². The molecule has 100 valence electrons. The van der Waals surface area contributed by atoms with Gasteiger partial charge in [-0.1, -0.05) is 42.6 Å². The highest BCUT2D eigenvalue weighted by atomic mass is 79.9. The number of nitrogens with one attached hydrogen (secondary N) is 1. The molecule has 17 heavy (non-hydrogen) atoms. The fraction of sp³-hybridized carbons (Fsp3) is 0.929. The summed E-state index contributed by atoms with van der Waals surface area (Å²) >= 11 is 3.44. The molecule has 1 atom stereocenters. The summed E-state index contributed by atoms with van der Waals surface area (Å²) in [6.45, 7) is 8.66. The zero-order chi connectivity index (χ0) is 13.1. The summed E-state index contributed by atoms with van der Waals surface area (Å²) in [5.41, 5.74) is 0.0565. The first-order chi connectivity index (χ1) is 7.78. The monoisotopic (exact) mass is 303 g/mol. The first-order valence-corrected chi connectivity index (χ1v) is 7.79. The lowest BCUT2D eigenvalue weighted by atomic mass is 9.68. The molecule has 0 aliphatic heterocycles. The van der Waals surface area contributed by atoms with Gasteiger partial charge in [-0.3, -0.25) is 4.79 Å². The molecule has 0 spiro atoms. The fourth-order valence-corrected chi connectivity index (χ4v) is 3.69. The lowest BCUT2D eigenvalue weighted by molar-refractivity contribution is -0.131. The second-order valence-corrected chi connectivity index (χ2v) is 7.39. The van der Waals surface area contributed by atoms with E-state index < -0.39 is 0 Å². The quantitative estimate of drug-likeness (QED) is 0.785. The van der Waals surface area contributed by atoms with E-state index >= 15 is 0 Å². The summed E-state index contributed by atoms with van der Waals surface area (Å²) in [4.78, 5) is 12.4. The van der Waals surface area contributed by atoms with Crippen LogP contribution in [0.4, 0.5) is 0 Å². The van der Waals surface area contributed by atoms with E-state index in [1.165, 1.54) is 19.3 Å². The molecular formula is C14H26BrNO. The minimum absolute atomic E-state index is 0.103. The van der Waals surface area contributed by atoms with Crippen molar-refractivity contribution < 1.29 is 4.79 Å². The standard InChI is InChI=1S/C14H26BrNO/c1-13(2)8-6-5-7-11(13)12(17)16-14(3,4)9-10-15/h11H,5-10H2,1-4H3,(H,16,17). The molecule has 0 aromatic heterocycles. The van der Waals surface area contributed by atoms with Gasteiger partial charge in [0.2, 0.25) is 5.91 Å². The largest absolute Gasteiger partial charge is 0.351 e. The zero-order valence-electron chi connectivity index (χ0n) is 11.6. The average molecular weight is 304 g/mol. The number of rotatable bonds is 4. The molecule has 1 saturated carbocycles. The molecule has 1 fully saturated rings. The lowest BCUT2D eigenvalue weighted by Gasteiger charge is -2.39. The predicted octanol–water partition coefficient (Wildman–Crippen LogP) is 3.88. The van der Waals surface area contributed by atoms with E-state index in [0.717, 1.165) is 18.2 Å². The molecule has 0 radical (unpaired) electrons. The summed E-state index contributed by atoms with van der Waals surface area (Å²) in [6.07, 6.45) is 5.64. The SMILES string of the molecule is CC(C)(CCBr)NC(=O)C1CCCCC1(C)C. The Morgan fingerprint density at radius 1 is 1.41 bits per heavy atom. The maximum Gasteiger partial charge on any atom is 0.224 e. The summed E-state index contributed by atoms with van der Waals surface area (Å²) < 4.78 is 0. The van der Waals surface area contributed by atoms with Crippen LogP contribution in [0, 0.1) is 11.3 Å². The molecule has 1 rings (SSSR count). The van der Waals surface area contributed by atoms with Crippen LogP contribution >= 0.6 is 15.9 Å². The molecule has 1 unspecified atom stereocenters. The Bertz CT molecular complexity index is 273. The first kappa shape index (κ1) is 15.0. The number of carbonyl (C=O) groups excluding carboxylic acids is 1. The number of hydrogen-bond acceptors (Lipinski definition) is 1. The molecule has 0 bridgehead atoms. The number of amides is 1. The second-order valence-electron chi connectivity index (χ2n) is 6.60. The van der Waals surface area contributed by atoms with Gasteiger partial charge < -0.3 is 5.32 Å². The molecule has 2 nitrogen and oxygen atoms in total. The highest BCUT2D eigenvalue weighted by molar-refractivity contribution is 9.09. The number of carbonyl (C=O) groups is 1. The van der Waals surface area contributed by atoms with Gasteiger partial charge in [-0.05, 0) is 38.5 Å². The molecule has 1 amide bonds. The summed E-state index contributed by atoms with van der Waals surface area (Å²) in [7, 11) is 0. The van der Waals surface area contributed by atoms with Crippen molar-refractivity contribution in [3.63, 3.8) is 0 Å². The first-order valence-electron chi connectivity index (χ1n) is 6.66. The highest BCUT2D eigenvalue weighted by Gasteiger charge is 2.38. The Morgan fingerprint density at radius 2 is 2.06 bits per heavy atom. The van der Waals surface area contributed by atoms with Gasteiger partial charge in [0.15, 0.2) is 0 Å². The molecule has 0 saturated heterocycles. The van der Waals surface area contributed by atoms with Crippen molar-refractivity contribution in [1.29, 1.82) is 0 Å². The third kappa shape index (κ3) is 4.27. The van der Waals surface area contributed by atoms with Gasteiger partial charge in [-0.15, -0.1) is 0 Å². The minimum Gasteiger partial charge on any atom is -0.351 e. The van der Waals surface area contributed by atoms with Crippen LogP contribution in [0.2, 0.25) is 0 Å². The van der Waals surface area contributed by atoms with Crippen molar-refractivity contribution in [1.82, 2.24) is 5.32 Å². The van der Waals surface area contributed by atoms with Crippen LogP contribution in [-0.2, 0) is 4.79 Å². The lowest BCUT2D eigenvalue weighted by Crippen LogP contribution is -2.50. The Kier molecular flexibility index (Phi) is 5.06. The van der Waals surface area contributed by atoms with E-state index in [0.29, 0.717) is 0 Å². The molecule has 1 aliphatic rings. The summed E-state index contributed by atoms with van der Waals surface area (Å²) in [5, 5.41) is 4.14. The maximum atomic E-state index is 12.4. The number of hydrogen-bond donors (Lipinski definition) is 1. The average Bonchev–Trinajstić information content (AvgIpc) is 2.15. The van der Waals surface area contributed by atoms with Crippen molar-refractivity contribution >= 4 is 21.8 Å². The normalized spacial score (nSPS) is 24.4. The Morgan fingerprint density at radius 3 is 2.59 bits per heavy atom. The Balaban J connectivity index is 2.63. The van der Waals surface area contributed by atoms with Crippen molar-refractivity contribution in [3.05, 3.63) is 0 Å². The van der Waals surface area contributed by atoms with Gasteiger partial charge >= 0.3 is 0 Å². The third-order valence-corrected chi connectivity index (χ3v) is 4.40. The fourth-order valence-electron chi connectivity index (χ4n) is 2.70. The van der Waals surface area contributed by atoms with E-state index in [1.54, 1.807) is 0 Å². The van der Waals surface area contributed by atoms with Gasteiger partial charge in [0.05, 0.1) is 0 Å². The molecule has 0 aromatic rings. The maximum absolute atomic E-state index is 12.4. The predicted molar refractivity (Wildman–Crippen MR) is 76.4 cm³/mol. The van der Waals surface area contributed by atoms with Crippen molar-refractivity contribution in [3.8, 4) is 0 Å². The number of halogens is 1. The van der Waals surface area contributed by atoms with E-state index in [4.69, 9.17) is 0 Å². The van der Waals surface area contributed by atoms with E-state index in [1.807, 2.05) is 0 Å². The van der Waals surface area contributed by atoms with Crippen LogP contribution in [0.15, 0.2) is 0 Å². The van der Waals surface area contributed by atoms with Crippen LogP contribution in [0.25, 0.3) is 0 Å². The van der Waals surface area contributed by atoms with E-state index in [9.17, 15) is 4.79 Å². The van der Waals surface area contributed by atoms with Gasteiger partial charge in [0.25, 0.3) is 0 Å². The molecular weight excluding hydrogens is 278 g/mol. The molecule has 0 heterocycles. The van der Waals surface area contributed by atoms with E-state index in [-0.39, 0.29) is 22.8 Å².